The maximum absolute atomic E-state index is 10.3. The van der Waals surface area contributed by atoms with Crippen molar-refractivity contribution in [1.82, 2.24) is 5.32 Å². The van der Waals surface area contributed by atoms with Crippen LogP contribution >= 0.6 is 0 Å². The topological polar surface area (TPSA) is 353 Å². The number of nitrogens with two attached hydrogens (primary N) is 4. The molecule has 0 saturated heterocycles. The van der Waals surface area contributed by atoms with Gasteiger partial charge in [-0.05, 0) is 0 Å². The first-order valence-corrected chi connectivity index (χ1v) is 9.60. The molecule has 0 bridgehead atoms. The maximum Gasteiger partial charge on any atom is 0.249 e. The molecule has 0 aliphatic carbocycles. The average Bonchev–Trinajstić information content (AvgIpc) is 2.80. The van der Waals surface area contributed by atoms with Crippen LogP contribution in [-0.4, -0.2) is 151 Å². The predicted molar refractivity (Wildman–Crippen MR) is 112 cm³/mol. The van der Waals surface area contributed by atoms with Gasteiger partial charge < -0.3 is 79.3 Å². The molecule has 0 aromatic heterocycles. The first kappa shape index (κ1) is 36.0. The molecule has 19 N–H and O–H groups in total. The summed E-state index contributed by atoms with van der Waals surface area (Å²) in [6.45, 7) is 1.53. The molecule has 0 saturated carbocycles. The summed E-state index contributed by atoms with van der Waals surface area (Å²) in [6, 6.07) is 0. The van der Waals surface area contributed by atoms with Crippen LogP contribution in [0.5, 0.6) is 0 Å². The second-order valence-electron chi connectivity index (χ2n) is 6.48. The molecule has 0 aliphatic heterocycles. The average molecular weight is 494 g/mol. The van der Waals surface area contributed by atoms with Crippen molar-refractivity contribution in [3.8, 4) is 0 Å². The lowest BCUT2D eigenvalue weighted by Crippen LogP contribution is -2.50. The van der Waals surface area contributed by atoms with Gasteiger partial charge in [0.15, 0.2) is 12.2 Å². The van der Waals surface area contributed by atoms with E-state index in [0.29, 0.717) is 13.1 Å². The molecule has 2 amide bonds. The Labute approximate surface area is 189 Å². The minimum atomic E-state index is -1.98. The number of aliphatic hydroxyl groups excluding tert-OH is 10. The van der Waals surface area contributed by atoms with E-state index in [1.165, 1.54) is 0 Å². The Morgan fingerprint density at radius 1 is 0.606 bits per heavy atom. The number of aliphatic hydroxyl groups is 10. The summed E-state index contributed by atoms with van der Waals surface area (Å²) in [5.74, 6) is -2.45. The Morgan fingerprint density at radius 2 is 0.879 bits per heavy atom. The Bertz CT molecular complexity index is 464. The lowest BCUT2D eigenvalue weighted by Gasteiger charge is -2.23. The molecule has 0 fully saturated rings. The fourth-order valence-electron chi connectivity index (χ4n) is 1.71. The summed E-state index contributed by atoms with van der Waals surface area (Å²) < 4.78 is 0. The van der Waals surface area contributed by atoms with Gasteiger partial charge in [-0.1, -0.05) is 0 Å². The molecule has 0 aromatic carbocycles. The van der Waals surface area contributed by atoms with E-state index in [2.05, 4.69) is 16.8 Å². The number of nitrogens with one attached hydrogen (secondary N) is 1. The summed E-state index contributed by atoms with van der Waals surface area (Å²) in [4.78, 5) is 20.6. The van der Waals surface area contributed by atoms with Crippen molar-refractivity contribution >= 4 is 11.8 Å². The van der Waals surface area contributed by atoms with Gasteiger partial charge >= 0.3 is 0 Å². The van der Waals surface area contributed by atoms with Crippen LogP contribution in [0.15, 0.2) is 0 Å². The van der Waals surface area contributed by atoms with Gasteiger partial charge in [0.2, 0.25) is 11.8 Å². The molecule has 0 heterocycles. The van der Waals surface area contributed by atoms with Crippen molar-refractivity contribution in [3.05, 3.63) is 0 Å². The molecule has 0 aliphatic rings. The smallest absolute Gasteiger partial charge is 0.249 e. The summed E-state index contributed by atoms with van der Waals surface area (Å²) in [5.41, 5.74) is 19.6. The molecule has 17 nitrogen and oxygen atoms in total. The molecule has 0 rings (SSSR count). The summed E-state index contributed by atoms with van der Waals surface area (Å²) >= 11 is 0. The minimum Gasteiger partial charge on any atom is -0.394 e. The number of rotatable bonds is 14. The third-order valence-corrected chi connectivity index (χ3v) is 3.73. The predicted octanol–water partition coefficient (Wildman–Crippen LogP) is -9.69. The first-order chi connectivity index (χ1) is 15.2. The second-order valence-corrected chi connectivity index (χ2v) is 6.48. The van der Waals surface area contributed by atoms with Gasteiger partial charge in [-0.2, -0.15) is 0 Å². The van der Waals surface area contributed by atoms with Crippen molar-refractivity contribution in [1.29, 1.82) is 0 Å². The molecular weight excluding hydrogens is 454 g/mol. The number of carbonyl (C=O) groups excluding carboxylic acids is 2. The van der Waals surface area contributed by atoms with Crippen LogP contribution in [0.2, 0.25) is 0 Å². The molecule has 0 radical (unpaired) electrons. The van der Waals surface area contributed by atoms with Gasteiger partial charge in [0.25, 0.3) is 0 Å². The Kier molecular flexibility index (Phi) is 22.9. The fourth-order valence-corrected chi connectivity index (χ4v) is 1.71. The number of carbonyl (C=O) groups is 2. The molecule has 0 spiro atoms. The lowest BCUT2D eigenvalue weighted by molar-refractivity contribution is -0.146. The molecule has 0 unspecified atom stereocenters. The van der Waals surface area contributed by atoms with E-state index in [1.807, 2.05) is 0 Å². The third-order valence-electron chi connectivity index (χ3n) is 3.73. The molecular formula is C16H39N5O12. The van der Waals surface area contributed by atoms with Crippen LogP contribution in [-0.2, 0) is 9.59 Å². The van der Waals surface area contributed by atoms with Gasteiger partial charge in [-0.25, -0.2) is 0 Å². The number of amides is 2. The highest BCUT2D eigenvalue weighted by Gasteiger charge is 2.33. The Morgan fingerprint density at radius 3 is 1.06 bits per heavy atom. The summed E-state index contributed by atoms with van der Waals surface area (Å²) in [7, 11) is 0. The van der Waals surface area contributed by atoms with E-state index in [1.54, 1.807) is 0 Å². The molecule has 0 aromatic rings. The molecule has 17 heteroatoms. The van der Waals surface area contributed by atoms with E-state index in [9.17, 15) is 9.59 Å². The van der Waals surface area contributed by atoms with Crippen LogP contribution in [0.4, 0.5) is 0 Å². The monoisotopic (exact) mass is 493 g/mol. The summed E-state index contributed by atoms with van der Waals surface area (Å²) in [6.07, 6.45) is -14.7. The maximum atomic E-state index is 10.3. The van der Waals surface area contributed by atoms with E-state index in [4.69, 9.17) is 62.5 Å². The molecule has 8 atom stereocenters. The standard InChI is InChI=1S/2C6H13NO6.C4H13N3/c2*7-6(13)5(12)4(11)3(10)2(9)1-8;5-1-3-7-4-2-6/h2*2-5,8-12H,1H2,(H2,7,13);7H,1-6H2/t2*2-,3-,4+,5-;/m11./s1. The quantitative estimate of drug-likeness (QED) is 0.0998. The highest BCUT2D eigenvalue weighted by Crippen LogP contribution is 2.05. The Hall–Kier alpha value is -1.58. The van der Waals surface area contributed by atoms with Crippen molar-refractivity contribution in [2.45, 2.75) is 48.8 Å². The van der Waals surface area contributed by atoms with Crippen LogP contribution in [0.1, 0.15) is 0 Å². The van der Waals surface area contributed by atoms with Gasteiger partial charge in [-0.15, -0.1) is 0 Å². The largest absolute Gasteiger partial charge is 0.394 e. The number of hydrogen-bond donors (Lipinski definition) is 15. The highest BCUT2D eigenvalue weighted by molar-refractivity contribution is 5.79. The van der Waals surface area contributed by atoms with Crippen molar-refractivity contribution < 1.29 is 60.7 Å². The van der Waals surface area contributed by atoms with Gasteiger partial charge in [0.1, 0.15) is 36.6 Å². The third kappa shape index (κ3) is 16.6. The normalized spacial score (nSPS) is 18.1. The van der Waals surface area contributed by atoms with Crippen LogP contribution in [0.3, 0.4) is 0 Å². The summed E-state index contributed by atoms with van der Waals surface area (Å²) in [5, 5.41) is 90.9. The second kappa shape index (κ2) is 21.0. The van der Waals surface area contributed by atoms with Gasteiger partial charge in [0, 0.05) is 26.2 Å². The zero-order valence-electron chi connectivity index (χ0n) is 18.0. The first-order valence-electron chi connectivity index (χ1n) is 9.60. The van der Waals surface area contributed by atoms with Gasteiger partial charge in [0.05, 0.1) is 13.2 Å². The van der Waals surface area contributed by atoms with Crippen molar-refractivity contribution in [3.63, 3.8) is 0 Å². The minimum absolute atomic E-state index is 0.694. The van der Waals surface area contributed by atoms with E-state index < -0.39 is 73.9 Å². The van der Waals surface area contributed by atoms with Crippen molar-refractivity contribution in [2.24, 2.45) is 22.9 Å². The van der Waals surface area contributed by atoms with E-state index >= 15 is 0 Å². The van der Waals surface area contributed by atoms with Crippen molar-refractivity contribution in [2.75, 3.05) is 39.4 Å². The zero-order valence-corrected chi connectivity index (χ0v) is 18.0. The highest BCUT2D eigenvalue weighted by atomic mass is 16.4. The van der Waals surface area contributed by atoms with E-state index in [-0.39, 0.29) is 0 Å². The van der Waals surface area contributed by atoms with Crippen LogP contribution in [0, 0.1) is 0 Å². The van der Waals surface area contributed by atoms with Crippen LogP contribution in [0.25, 0.3) is 0 Å². The van der Waals surface area contributed by atoms with E-state index in [0.717, 1.165) is 13.1 Å². The van der Waals surface area contributed by atoms with Crippen LogP contribution < -0.4 is 28.3 Å². The lowest BCUT2D eigenvalue weighted by atomic mass is 10.0. The number of hydrogen-bond acceptors (Lipinski definition) is 15. The zero-order chi connectivity index (χ0) is 26.7. The number of primary amides is 2. The fraction of sp³-hybridized carbons (Fsp3) is 0.875. The van der Waals surface area contributed by atoms with Gasteiger partial charge in [-0.3, -0.25) is 9.59 Å². The molecule has 33 heavy (non-hydrogen) atoms. The molecule has 200 valence electrons. The SMILES string of the molecule is NC(=O)[C@H](O)[C@@H](O)[C@H](O)[C@H](O)CO.NC(=O)[C@H](O)[C@@H](O)[C@H](O)[C@H](O)CO.NCCNCCN. The Balaban J connectivity index is -0.000000429.